The molecule has 15 heavy (non-hydrogen) atoms. The zero-order valence-corrected chi connectivity index (χ0v) is 8.53. The Morgan fingerprint density at radius 3 is 2.47 bits per heavy atom. The van der Waals surface area contributed by atoms with Crippen LogP contribution in [0.25, 0.3) is 0 Å². The number of hydrogen-bond acceptors (Lipinski definition) is 4. The zero-order chi connectivity index (χ0) is 11.2. The van der Waals surface area contributed by atoms with E-state index in [1.165, 1.54) is 0 Å². The summed E-state index contributed by atoms with van der Waals surface area (Å²) in [4.78, 5) is 1.54. The predicted molar refractivity (Wildman–Crippen MR) is 49.8 cm³/mol. The first kappa shape index (κ1) is 11.2. The molecule has 3 N–H and O–H groups in total. The molecule has 2 fully saturated rings. The minimum atomic E-state index is -2.69. The van der Waals surface area contributed by atoms with Gasteiger partial charge < -0.3 is 15.5 Å². The maximum atomic E-state index is 13.1. The highest BCUT2D eigenvalue weighted by Crippen LogP contribution is 2.34. The van der Waals surface area contributed by atoms with Crippen LogP contribution in [0.1, 0.15) is 6.42 Å². The van der Waals surface area contributed by atoms with Gasteiger partial charge in [0.25, 0.3) is 5.92 Å². The van der Waals surface area contributed by atoms with Crippen molar-refractivity contribution in [3.8, 4) is 0 Å². The van der Waals surface area contributed by atoms with E-state index in [0.717, 1.165) is 0 Å². The maximum absolute atomic E-state index is 13.1. The molecule has 0 spiro atoms. The number of halogens is 2. The fourth-order valence-corrected chi connectivity index (χ4v) is 2.51. The molecule has 88 valence electrons. The van der Waals surface area contributed by atoms with Crippen LogP contribution in [0.3, 0.4) is 0 Å². The van der Waals surface area contributed by atoms with Gasteiger partial charge in [-0.05, 0) is 7.05 Å². The van der Waals surface area contributed by atoms with Gasteiger partial charge in [-0.1, -0.05) is 0 Å². The van der Waals surface area contributed by atoms with Crippen LogP contribution in [0.4, 0.5) is 8.78 Å². The smallest absolute Gasteiger partial charge is 0.262 e. The first-order chi connectivity index (χ1) is 6.91. The van der Waals surface area contributed by atoms with Gasteiger partial charge in [-0.25, -0.2) is 8.78 Å². The normalized spacial score (nSPS) is 46.2. The van der Waals surface area contributed by atoms with Crippen molar-refractivity contribution in [1.29, 1.82) is 0 Å². The Morgan fingerprint density at radius 1 is 1.40 bits per heavy atom. The lowest BCUT2D eigenvalue weighted by molar-refractivity contribution is 0.0110. The first-order valence-corrected chi connectivity index (χ1v) is 5.08. The lowest BCUT2D eigenvalue weighted by atomic mass is 10.00. The summed E-state index contributed by atoms with van der Waals surface area (Å²) in [5.41, 5.74) is 0. The molecule has 0 radical (unpaired) electrons. The number of nitrogens with zero attached hydrogens (tertiary/aromatic N) is 1. The number of aliphatic hydroxyl groups is 2. The summed E-state index contributed by atoms with van der Waals surface area (Å²) in [6.07, 6.45) is -2.06. The number of aliphatic hydroxyl groups excluding tert-OH is 2. The van der Waals surface area contributed by atoms with Crippen molar-refractivity contribution >= 4 is 0 Å². The third-order valence-corrected chi connectivity index (χ3v) is 3.29. The van der Waals surface area contributed by atoms with Gasteiger partial charge in [-0.2, -0.15) is 0 Å². The molecule has 0 aromatic rings. The summed E-state index contributed by atoms with van der Waals surface area (Å²) in [6.45, 7) is -0.0135. The highest BCUT2D eigenvalue weighted by Gasteiger charge is 2.50. The van der Waals surface area contributed by atoms with Crippen LogP contribution >= 0.6 is 0 Å². The molecule has 2 aliphatic heterocycles. The molecule has 0 saturated carbocycles. The molecule has 4 nitrogen and oxygen atoms in total. The predicted octanol–water partition coefficient (Wildman–Crippen LogP) is -0.981. The molecular formula is C9H16F2N2O2. The number of alkyl halides is 2. The molecule has 2 unspecified atom stereocenters. The van der Waals surface area contributed by atoms with Crippen LogP contribution in [0.15, 0.2) is 0 Å². The van der Waals surface area contributed by atoms with Crippen molar-refractivity contribution in [1.82, 2.24) is 10.2 Å². The number of likely N-dealkylation sites (N-methyl/N-ethyl adjacent to an activating group) is 1. The van der Waals surface area contributed by atoms with Gasteiger partial charge in [0, 0.05) is 19.0 Å². The number of hydrogen-bond donors (Lipinski definition) is 3. The van der Waals surface area contributed by atoms with Gasteiger partial charge in [0.2, 0.25) is 0 Å². The summed E-state index contributed by atoms with van der Waals surface area (Å²) in [5, 5.41) is 21.8. The van der Waals surface area contributed by atoms with E-state index in [-0.39, 0.29) is 19.5 Å². The van der Waals surface area contributed by atoms with Crippen LogP contribution < -0.4 is 5.32 Å². The topological polar surface area (TPSA) is 55.7 Å². The summed E-state index contributed by atoms with van der Waals surface area (Å²) in [6, 6.07) is -0.870. The molecule has 2 saturated heterocycles. The van der Waals surface area contributed by atoms with Crippen LogP contribution in [0, 0.1) is 0 Å². The van der Waals surface area contributed by atoms with Crippen molar-refractivity contribution in [2.24, 2.45) is 0 Å². The van der Waals surface area contributed by atoms with Gasteiger partial charge in [0.05, 0.1) is 24.8 Å². The van der Waals surface area contributed by atoms with Crippen molar-refractivity contribution in [2.75, 3.05) is 20.1 Å². The number of rotatable bonds is 1. The number of likely N-dealkylation sites (tertiary alicyclic amines) is 1. The highest BCUT2D eigenvalue weighted by molar-refractivity contribution is 5.03. The second-order valence-corrected chi connectivity index (χ2v) is 4.53. The Morgan fingerprint density at radius 2 is 2.07 bits per heavy atom. The second kappa shape index (κ2) is 3.62. The first-order valence-electron chi connectivity index (χ1n) is 5.08. The zero-order valence-electron chi connectivity index (χ0n) is 8.53. The quantitative estimate of drug-likeness (QED) is 0.534. The van der Waals surface area contributed by atoms with E-state index < -0.39 is 30.2 Å². The Kier molecular flexibility index (Phi) is 2.70. The molecule has 2 rings (SSSR count). The van der Waals surface area contributed by atoms with Crippen molar-refractivity contribution in [3.63, 3.8) is 0 Å². The maximum Gasteiger partial charge on any atom is 0.262 e. The highest BCUT2D eigenvalue weighted by atomic mass is 19.3. The van der Waals surface area contributed by atoms with Gasteiger partial charge in [0.1, 0.15) is 0 Å². The van der Waals surface area contributed by atoms with E-state index in [2.05, 4.69) is 5.32 Å². The molecule has 0 aliphatic carbocycles. The van der Waals surface area contributed by atoms with E-state index in [0.29, 0.717) is 0 Å². The average molecular weight is 222 g/mol. The van der Waals surface area contributed by atoms with Crippen molar-refractivity contribution in [2.45, 2.75) is 36.6 Å². The van der Waals surface area contributed by atoms with Gasteiger partial charge in [-0.3, -0.25) is 4.90 Å². The molecule has 0 aromatic carbocycles. The Hall–Kier alpha value is -0.300. The van der Waals surface area contributed by atoms with Crippen LogP contribution in [-0.4, -0.2) is 65.5 Å². The molecule has 2 heterocycles. The molecule has 0 amide bonds. The van der Waals surface area contributed by atoms with Gasteiger partial charge in [0.15, 0.2) is 0 Å². The second-order valence-electron chi connectivity index (χ2n) is 4.53. The average Bonchev–Trinajstić information content (AvgIpc) is 2.55. The molecule has 4 atom stereocenters. The summed E-state index contributed by atoms with van der Waals surface area (Å²) in [5.74, 6) is -2.69. The van der Waals surface area contributed by atoms with E-state index in [9.17, 15) is 19.0 Å². The third-order valence-electron chi connectivity index (χ3n) is 3.29. The minimum Gasteiger partial charge on any atom is -0.389 e. The van der Waals surface area contributed by atoms with E-state index in [1.54, 1.807) is 11.9 Å². The van der Waals surface area contributed by atoms with E-state index >= 15 is 0 Å². The Labute approximate surface area is 86.9 Å². The van der Waals surface area contributed by atoms with E-state index in [4.69, 9.17) is 0 Å². The lowest BCUT2D eigenvalue weighted by Crippen LogP contribution is -2.48. The SMILES string of the molecule is CN1CC(F)(F)CC1C1NC[C@@H](O)[C@H]1O. The van der Waals surface area contributed by atoms with Crippen LogP contribution in [-0.2, 0) is 0 Å². The Balaban J connectivity index is 2.06. The lowest BCUT2D eigenvalue weighted by Gasteiger charge is -2.27. The monoisotopic (exact) mass is 222 g/mol. The third kappa shape index (κ3) is 1.99. The number of nitrogens with one attached hydrogen (secondary N) is 1. The summed E-state index contributed by atoms with van der Waals surface area (Å²) >= 11 is 0. The summed E-state index contributed by atoms with van der Waals surface area (Å²) < 4.78 is 26.2. The fraction of sp³-hybridized carbons (Fsp3) is 1.00. The molecular weight excluding hydrogens is 206 g/mol. The molecule has 0 aromatic heterocycles. The molecule has 2 aliphatic rings. The standard InChI is InChI=1S/C9H16F2N2O2/c1-13-4-9(10,11)2-5(13)7-8(15)6(14)3-12-7/h5-8,12,14-15H,2-4H2,1H3/t5?,6-,7?,8-/m1/s1. The molecule has 0 bridgehead atoms. The summed E-state index contributed by atoms with van der Waals surface area (Å²) in [7, 11) is 1.62. The van der Waals surface area contributed by atoms with Gasteiger partial charge in [-0.15, -0.1) is 0 Å². The van der Waals surface area contributed by atoms with Crippen LogP contribution in [0.5, 0.6) is 0 Å². The van der Waals surface area contributed by atoms with Crippen molar-refractivity contribution < 1.29 is 19.0 Å². The Bertz CT molecular complexity index is 252. The number of β-amino-alcohol motifs (C(OH)–C–C–N with tert-alkyl or cyclic N) is 1. The van der Waals surface area contributed by atoms with Crippen LogP contribution in [0.2, 0.25) is 0 Å². The molecule has 6 heteroatoms. The van der Waals surface area contributed by atoms with Crippen molar-refractivity contribution in [3.05, 3.63) is 0 Å². The van der Waals surface area contributed by atoms with E-state index in [1.807, 2.05) is 0 Å². The fourth-order valence-electron chi connectivity index (χ4n) is 2.51. The van der Waals surface area contributed by atoms with Gasteiger partial charge >= 0.3 is 0 Å². The minimum absolute atomic E-state index is 0.259. The largest absolute Gasteiger partial charge is 0.389 e.